The van der Waals surface area contributed by atoms with Gasteiger partial charge in [-0.2, -0.15) is 0 Å². The summed E-state index contributed by atoms with van der Waals surface area (Å²) < 4.78 is 11.0. The lowest BCUT2D eigenvalue weighted by atomic mass is 10.0. The van der Waals surface area contributed by atoms with E-state index < -0.39 is 0 Å². The van der Waals surface area contributed by atoms with Gasteiger partial charge in [0.2, 0.25) is 0 Å². The summed E-state index contributed by atoms with van der Waals surface area (Å²) >= 11 is 0. The molecule has 0 aromatic carbocycles. The lowest BCUT2D eigenvalue weighted by Crippen LogP contribution is -2.56. The molecular weight excluding hydrogens is 304 g/mol. The third-order valence-corrected chi connectivity index (χ3v) is 4.12. The number of carbonyl (C=O) groups is 1. The predicted molar refractivity (Wildman–Crippen MR) is 95.0 cm³/mol. The van der Waals surface area contributed by atoms with Crippen molar-refractivity contribution in [2.75, 3.05) is 19.7 Å². The zero-order valence-electron chi connectivity index (χ0n) is 14.9. The highest BCUT2D eigenvalue weighted by atomic mass is 16.6. The van der Waals surface area contributed by atoms with Crippen LogP contribution in [0.25, 0.3) is 6.08 Å². The van der Waals surface area contributed by atoms with Gasteiger partial charge in [0, 0.05) is 6.20 Å². The molecule has 0 bridgehead atoms. The van der Waals surface area contributed by atoms with Crippen LogP contribution in [0.2, 0.25) is 0 Å². The van der Waals surface area contributed by atoms with Crippen molar-refractivity contribution in [1.29, 1.82) is 0 Å². The molecule has 1 aliphatic heterocycles. The molecule has 0 N–H and O–H groups in total. The Morgan fingerprint density at radius 1 is 1.42 bits per heavy atom. The zero-order chi connectivity index (χ0) is 17.4. The molecule has 132 valence electrons. The van der Waals surface area contributed by atoms with E-state index in [9.17, 15) is 4.79 Å². The Bertz CT molecular complexity index is 553. The van der Waals surface area contributed by atoms with Gasteiger partial charge in [0.1, 0.15) is 11.9 Å². The van der Waals surface area contributed by atoms with E-state index in [0.29, 0.717) is 25.6 Å². The van der Waals surface area contributed by atoms with Crippen LogP contribution in [-0.4, -0.2) is 41.8 Å². The standard InChI is InChI=1S/C19H28N2O3/c1-4-9-23-19(22)21-13-18(14-21)24-17-10-16(11-20-12-17)8-6-7-15(3)5-2/h6,8,10-12,15,18H,4-5,7,9,13-14H2,1-3H3/b8-6+/t15-/m1/s1. The number of aromatic nitrogens is 1. The Labute approximate surface area is 144 Å². The van der Waals surface area contributed by atoms with Crippen molar-refractivity contribution in [2.45, 2.75) is 46.1 Å². The molecule has 1 saturated heterocycles. The second-order valence-corrected chi connectivity index (χ2v) is 6.36. The Morgan fingerprint density at radius 2 is 2.21 bits per heavy atom. The van der Waals surface area contributed by atoms with Crippen molar-refractivity contribution in [3.05, 3.63) is 30.1 Å². The molecule has 5 nitrogen and oxygen atoms in total. The number of hydrogen-bond acceptors (Lipinski definition) is 4. The van der Waals surface area contributed by atoms with Gasteiger partial charge >= 0.3 is 6.09 Å². The van der Waals surface area contributed by atoms with Crippen LogP contribution in [0.3, 0.4) is 0 Å². The van der Waals surface area contributed by atoms with Gasteiger partial charge < -0.3 is 14.4 Å². The van der Waals surface area contributed by atoms with Gasteiger partial charge in [-0.3, -0.25) is 4.98 Å². The van der Waals surface area contributed by atoms with Crippen molar-refractivity contribution in [3.63, 3.8) is 0 Å². The van der Waals surface area contributed by atoms with Crippen molar-refractivity contribution < 1.29 is 14.3 Å². The molecule has 0 saturated carbocycles. The fraction of sp³-hybridized carbons (Fsp3) is 0.579. The van der Waals surface area contributed by atoms with Crippen LogP contribution >= 0.6 is 0 Å². The highest BCUT2D eigenvalue weighted by Gasteiger charge is 2.33. The largest absolute Gasteiger partial charge is 0.485 e. The summed E-state index contributed by atoms with van der Waals surface area (Å²) in [5.41, 5.74) is 1.04. The highest BCUT2D eigenvalue weighted by molar-refractivity contribution is 5.68. The summed E-state index contributed by atoms with van der Waals surface area (Å²) in [6, 6.07) is 1.98. The van der Waals surface area contributed by atoms with E-state index in [0.717, 1.165) is 24.2 Å². The van der Waals surface area contributed by atoms with E-state index in [1.165, 1.54) is 6.42 Å². The Kier molecular flexibility index (Phi) is 7.09. The van der Waals surface area contributed by atoms with Crippen molar-refractivity contribution >= 4 is 12.2 Å². The number of allylic oxidation sites excluding steroid dienone is 1. The molecule has 0 spiro atoms. The maximum atomic E-state index is 11.7. The van der Waals surface area contributed by atoms with Crippen molar-refractivity contribution in [3.8, 4) is 5.75 Å². The maximum absolute atomic E-state index is 11.7. The van der Waals surface area contributed by atoms with Gasteiger partial charge in [-0.05, 0) is 30.4 Å². The van der Waals surface area contributed by atoms with Crippen LogP contribution in [0.15, 0.2) is 24.5 Å². The van der Waals surface area contributed by atoms with Crippen LogP contribution in [-0.2, 0) is 4.74 Å². The number of carbonyl (C=O) groups excluding carboxylic acids is 1. The first-order valence-electron chi connectivity index (χ1n) is 8.82. The molecule has 1 fully saturated rings. The van der Waals surface area contributed by atoms with E-state index in [-0.39, 0.29) is 12.2 Å². The summed E-state index contributed by atoms with van der Waals surface area (Å²) in [6.45, 7) is 8.03. The molecule has 1 amide bonds. The minimum atomic E-state index is -0.253. The van der Waals surface area contributed by atoms with Gasteiger partial charge in [0.15, 0.2) is 0 Å². The second kappa shape index (κ2) is 9.30. The molecule has 24 heavy (non-hydrogen) atoms. The topological polar surface area (TPSA) is 51.7 Å². The molecule has 0 unspecified atom stereocenters. The molecule has 2 heterocycles. The number of hydrogen-bond donors (Lipinski definition) is 0. The van der Waals surface area contributed by atoms with E-state index in [1.807, 2.05) is 19.2 Å². The number of rotatable bonds is 8. The Morgan fingerprint density at radius 3 is 2.92 bits per heavy atom. The van der Waals surface area contributed by atoms with Crippen LogP contribution in [0.4, 0.5) is 4.79 Å². The average molecular weight is 332 g/mol. The summed E-state index contributed by atoms with van der Waals surface area (Å²) in [5, 5.41) is 0. The number of ether oxygens (including phenoxy) is 2. The highest BCUT2D eigenvalue weighted by Crippen LogP contribution is 2.20. The smallest absolute Gasteiger partial charge is 0.410 e. The maximum Gasteiger partial charge on any atom is 0.410 e. The van der Waals surface area contributed by atoms with Crippen LogP contribution < -0.4 is 4.74 Å². The first kappa shape index (κ1) is 18.3. The van der Waals surface area contributed by atoms with Gasteiger partial charge in [-0.25, -0.2) is 4.79 Å². The summed E-state index contributed by atoms with van der Waals surface area (Å²) in [7, 11) is 0. The Hall–Kier alpha value is -2.04. The average Bonchev–Trinajstić information content (AvgIpc) is 2.55. The van der Waals surface area contributed by atoms with Gasteiger partial charge in [-0.1, -0.05) is 39.3 Å². The second-order valence-electron chi connectivity index (χ2n) is 6.36. The van der Waals surface area contributed by atoms with E-state index in [2.05, 4.69) is 31.0 Å². The first-order chi connectivity index (χ1) is 11.6. The monoisotopic (exact) mass is 332 g/mol. The fourth-order valence-electron chi connectivity index (χ4n) is 2.33. The zero-order valence-corrected chi connectivity index (χ0v) is 14.9. The third-order valence-electron chi connectivity index (χ3n) is 4.12. The van der Waals surface area contributed by atoms with E-state index in [1.54, 1.807) is 11.1 Å². The summed E-state index contributed by atoms with van der Waals surface area (Å²) in [5.74, 6) is 1.44. The van der Waals surface area contributed by atoms with Gasteiger partial charge in [-0.15, -0.1) is 0 Å². The summed E-state index contributed by atoms with van der Waals surface area (Å²) in [4.78, 5) is 17.5. The SMILES string of the molecule is CCCOC(=O)N1CC(Oc2cncc(/C=C/C[C@H](C)CC)c2)C1. The number of amides is 1. The van der Waals surface area contributed by atoms with Gasteiger partial charge in [0.25, 0.3) is 0 Å². The molecule has 1 aliphatic rings. The Balaban J connectivity index is 1.78. The molecule has 5 heteroatoms. The molecule has 1 aromatic rings. The van der Waals surface area contributed by atoms with Gasteiger partial charge in [0.05, 0.1) is 25.9 Å². The molecule has 1 atom stereocenters. The van der Waals surface area contributed by atoms with Crippen LogP contribution in [0, 0.1) is 5.92 Å². The molecule has 0 radical (unpaired) electrons. The van der Waals surface area contributed by atoms with E-state index >= 15 is 0 Å². The lowest BCUT2D eigenvalue weighted by Gasteiger charge is -2.37. The molecule has 1 aromatic heterocycles. The predicted octanol–water partition coefficient (Wildman–Crippen LogP) is 4.14. The summed E-state index contributed by atoms with van der Waals surface area (Å²) in [6.07, 6.45) is 10.7. The minimum Gasteiger partial charge on any atom is -0.485 e. The minimum absolute atomic E-state index is 0.0142. The number of likely N-dealkylation sites (tertiary alicyclic amines) is 1. The van der Waals surface area contributed by atoms with Crippen molar-refractivity contribution in [1.82, 2.24) is 9.88 Å². The molecular formula is C19H28N2O3. The molecule has 0 aliphatic carbocycles. The number of nitrogens with zero attached hydrogens (tertiary/aromatic N) is 2. The first-order valence-corrected chi connectivity index (χ1v) is 8.82. The quantitative estimate of drug-likeness (QED) is 0.718. The van der Waals surface area contributed by atoms with Crippen LogP contribution in [0.1, 0.15) is 45.6 Å². The lowest BCUT2D eigenvalue weighted by molar-refractivity contribution is 0.0111. The van der Waals surface area contributed by atoms with Crippen LogP contribution in [0.5, 0.6) is 5.75 Å². The third kappa shape index (κ3) is 5.55. The number of pyridine rings is 1. The fourth-order valence-corrected chi connectivity index (χ4v) is 2.33. The molecule has 2 rings (SSSR count). The van der Waals surface area contributed by atoms with Crippen molar-refractivity contribution in [2.24, 2.45) is 5.92 Å². The normalized spacial score (nSPS) is 16.0. The van der Waals surface area contributed by atoms with E-state index in [4.69, 9.17) is 9.47 Å².